The van der Waals surface area contributed by atoms with Crippen LogP contribution in [-0.4, -0.2) is 47.0 Å². The highest BCUT2D eigenvalue weighted by Crippen LogP contribution is 2.42. The molecular weight excluding hydrogens is 378 g/mol. The van der Waals surface area contributed by atoms with Gasteiger partial charge in [0.1, 0.15) is 11.0 Å². The summed E-state index contributed by atoms with van der Waals surface area (Å²) in [7, 11) is 0. The van der Waals surface area contributed by atoms with Gasteiger partial charge < -0.3 is 10.3 Å². The van der Waals surface area contributed by atoms with Crippen LogP contribution in [-0.2, 0) is 12.8 Å². The number of alkyl halides is 2. The van der Waals surface area contributed by atoms with Crippen LogP contribution < -0.4 is 5.32 Å². The van der Waals surface area contributed by atoms with Crippen LogP contribution in [0.1, 0.15) is 34.1 Å². The lowest BCUT2D eigenvalue weighted by Gasteiger charge is -2.39. The summed E-state index contributed by atoms with van der Waals surface area (Å²) in [5.41, 5.74) is 3.35. The SMILES string of the molecule is C[C@@H]1Cc2c([nH]c3ccccc23)[C@@H](c2ncc(CC3CNC3)s2)N1CC(F)F. The average molecular weight is 403 g/mol. The van der Waals surface area contributed by atoms with Gasteiger partial charge in [0.25, 0.3) is 6.43 Å². The van der Waals surface area contributed by atoms with Crippen molar-refractivity contribution < 1.29 is 8.78 Å². The molecule has 0 bridgehead atoms. The number of hydrogen-bond acceptors (Lipinski definition) is 4. The second-order valence-electron chi connectivity index (χ2n) is 8.00. The van der Waals surface area contributed by atoms with E-state index in [2.05, 4.69) is 29.4 Å². The standard InChI is InChI=1S/C21H24F2N4S/c1-12-6-16-15-4-2-3-5-17(15)26-19(16)20(27(12)11-18(22)23)21-25-10-14(28-21)7-13-8-24-9-13/h2-5,10,12-13,18,20,24,26H,6-9,11H2,1H3/t12-,20+/m1/s1. The van der Waals surface area contributed by atoms with E-state index in [0.717, 1.165) is 42.1 Å². The number of halogens is 2. The van der Waals surface area contributed by atoms with Crippen LogP contribution in [0.4, 0.5) is 8.78 Å². The third-order valence-electron chi connectivity index (χ3n) is 6.03. The Labute approximate surface area is 167 Å². The van der Waals surface area contributed by atoms with E-state index in [1.807, 2.05) is 23.2 Å². The second-order valence-corrected chi connectivity index (χ2v) is 9.15. The molecule has 0 radical (unpaired) electrons. The van der Waals surface area contributed by atoms with Crippen molar-refractivity contribution >= 4 is 22.2 Å². The van der Waals surface area contributed by atoms with Crippen molar-refractivity contribution in [3.8, 4) is 0 Å². The lowest BCUT2D eigenvalue weighted by Crippen LogP contribution is -2.44. The van der Waals surface area contributed by atoms with Gasteiger partial charge in [0, 0.05) is 33.7 Å². The number of nitrogens with zero attached hydrogens (tertiary/aromatic N) is 2. The third kappa shape index (κ3) is 3.15. The number of hydrogen-bond donors (Lipinski definition) is 2. The number of fused-ring (bicyclic) bond motifs is 3. The van der Waals surface area contributed by atoms with Crippen LogP contribution in [0.15, 0.2) is 30.5 Å². The van der Waals surface area contributed by atoms with Gasteiger partial charge in [-0.3, -0.25) is 4.90 Å². The number of H-pyrrole nitrogens is 1. The summed E-state index contributed by atoms with van der Waals surface area (Å²) in [5, 5.41) is 5.42. The van der Waals surface area contributed by atoms with E-state index in [1.54, 1.807) is 11.3 Å². The highest BCUT2D eigenvalue weighted by atomic mass is 32.1. The highest BCUT2D eigenvalue weighted by molar-refractivity contribution is 7.11. The fraction of sp³-hybridized carbons (Fsp3) is 0.476. The molecular formula is C21H24F2N4S. The Hall–Kier alpha value is -1.83. The van der Waals surface area contributed by atoms with Crippen LogP contribution >= 0.6 is 11.3 Å². The van der Waals surface area contributed by atoms with Crippen LogP contribution in [0, 0.1) is 5.92 Å². The van der Waals surface area contributed by atoms with Crippen molar-refractivity contribution in [3.63, 3.8) is 0 Å². The minimum Gasteiger partial charge on any atom is -0.356 e. The first-order valence-electron chi connectivity index (χ1n) is 9.89. The minimum absolute atomic E-state index is 0.0360. The smallest absolute Gasteiger partial charge is 0.251 e. The molecule has 3 aromatic rings. The van der Waals surface area contributed by atoms with Crippen molar-refractivity contribution in [1.29, 1.82) is 0 Å². The number of para-hydroxylation sites is 1. The molecule has 4 nitrogen and oxygen atoms in total. The van der Waals surface area contributed by atoms with Gasteiger partial charge in [0.15, 0.2) is 0 Å². The minimum atomic E-state index is -2.36. The monoisotopic (exact) mass is 402 g/mol. The molecule has 28 heavy (non-hydrogen) atoms. The Morgan fingerprint density at radius 3 is 2.86 bits per heavy atom. The van der Waals surface area contributed by atoms with Crippen molar-refractivity contribution in [2.75, 3.05) is 19.6 Å². The topological polar surface area (TPSA) is 44.0 Å². The highest BCUT2D eigenvalue weighted by Gasteiger charge is 2.38. The molecule has 0 spiro atoms. The maximum absolute atomic E-state index is 13.4. The zero-order chi connectivity index (χ0) is 19.3. The molecule has 2 atom stereocenters. The number of rotatable bonds is 5. The molecule has 5 rings (SSSR count). The first-order valence-corrected chi connectivity index (χ1v) is 10.7. The van der Waals surface area contributed by atoms with Gasteiger partial charge in [-0.1, -0.05) is 18.2 Å². The molecule has 1 fully saturated rings. The molecule has 1 aromatic carbocycles. The Morgan fingerprint density at radius 2 is 2.11 bits per heavy atom. The zero-order valence-electron chi connectivity index (χ0n) is 15.8. The third-order valence-corrected chi connectivity index (χ3v) is 7.10. The summed E-state index contributed by atoms with van der Waals surface area (Å²) >= 11 is 1.68. The van der Waals surface area contributed by atoms with E-state index in [9.17, 15) is 8.78 Å². The van der Waals surface area contributed by atoms with Crippen molar-refractivity contribution in [1.82, 2.24) is 20.2 Å². The van der Waals surface area contributed by atoms with Gasteiger partial charge in [0.2, 0.25) is 0 Å². The van der Waals surface area contributed by atoms with Gasteiger partial charge in [-0.25, -0.2) is 13.8 Å². The normalized spacial score (nSPS) is 23.3. The Morgan fingerprint density at radius 1 is 1.29 bits per heavy atom. The first kappa shape index (κ1) is 18.2. The predicted molar refractivity (Wildman–Crippen MR) is 108 cm³/mol. The maximum atomic E-state index is 13.4. The summed E-state index contributed by atoms with van der Waals surface area (Å²) in [6.07, 6.45) is 1.37. The van der Waals surface area contributed by atoms with Crippen LogP contribution in [0.3, 0.4) is 0 Å². The summed E-state index contributed by atoms with van der Waals surface area (Å²) in [5.74, 6) is 0.666. The molecule has 2 aromatic heterocycles. The van der Waals surface area contributed by atoms with E-state index < -0.39 is 6.43 Å². The van der Waals surface area contributed by atoms with Crippen LogP contribution in [0.5, 0.6) is 0 Å². The Balaban J connectivity index is 1.57. The molecule has 0 aliphatic carbocycles. The van der Waals surface area contributed by atoms with Gasteiger partial charge in [-0.15, -0.1) is 11.3 Å². The van der Waals surface area contributed by atoms with Crippen LogP contribution in [0.2, 0.25) is 0 Å². The molecule has 1 saturated heterocycles. The molecule has 2 aliphatic heterocycles. The number of benzene rings is 1. The first-order chi connectivity index (χ1) is 13.6. The van der Waals surface area contributed by atoms with E-state index in [-0.39, 0.29) is 18.6 Å². The molecule has 7 heteroatoms. The summed E-state index contributed by atoms with van der Waals surface area (Å²) in [4.78, 5) is 11.4. The molecule has 0 unspecified atom stereocenters. The Kier molecular flexibility index (Phi) is 4.69. The van der Waals surface area contributed by atoms with E-state index >= 15 is 0 Å². The molecule has 4 heterocycles. The summed E-state index contributed by atoms with van der Waals surface area (Å²) in [6, 6.07) is 8.02. The zero-order valence-corrected chi connectivity index (χ0v) is 16.6. The second kappa shape index (κ2) is 7.21. The largest absolute Gasteiger partial charge is 0.356 e. The van der Waals surface area contributed by atoms with E-state index in [1.165, 1.54) is 15.8 Å². The van der Waals surface area contributed by atoms with Gasteiger partial charge in [-0.05, 0) is 50.4 Å². The van der Waals surface area contributed by atoms with E-state index in [4.69, 9.17) is 4.98 Å². The fourth-order valence-corrected chi connectivity index (χ4v) is 5.70. The van der Waals surface area contributed by atoms with Gasteiger partial charge >= 0.3 is 0 Å². The number of thiazole rings is 1. The van der Waals surface area contributed by atoms with Gasteiger partial charge in [0.05, 0.1) is 6.54 Å². The molecule has 2 aliphatic rings. The Bertz CT molecular complexity index is 978. The lowest BCUT2D eigenvalue weighted by atomic mass is 9.92. The molecule has 0 saturated carbocycles. The summed E-state index contributed by atoms with van der Waals surface area (Å²) < 4.78 is 26.8. The van der Waals surface area contributed by atoms with E-state index in [0.29, 0.717) is 5.92 Å². The van der Waals surface area contributed by atoms with Crippen molar-refractivity contribution in [2.24, 2.45) is 5.92 Å². The number of aromatic amines is 1. The van der Waals surface area contributed by atoms with Crippen molar-refractivity contribution in [2.45, 2.75) is 38.3 Å². The predicted octanol–water partition coefficient (Wildman–Crippen LogP) is 3.99. The summed E-state index contributed by atoms with van der Waals surface area (Å²) in [6.45, 7) is 3.92. The van der Waals surface area contributed by atoms with Gasteiger partial charge in [-0.2, -0.15) is 0 Å². The number of nitrogens with one attached hydrogen (secondary N) is 2. The molecule has 2 N–H and O–H groups in total. The average Bonchev–Trinajstić information content (AvgIpc) is 3.23. The van der Waals surface area contributed by atoms with Crippen molar-refractivity contribution in [3.05, 3.63) is 51.6 Å². The molecule has 0 amide bonds. The van der Waals surface area contributed by atoms with Crippen LogP contribution in [0.25, 0.3) is 10.9 Å². The fourth-order valence-electron chi connectivity index (χ4n) is 4.54. The maximum Gasteiger partial charge on any atom is 0.251 e. The molecule has 148 valence electrons. The lowest BCUT2D eigenvalue weighted by molar-refractivity contribution is 0.0456. The number of aromatic nitrogens is 2. The quantitative estimate of drug-likeness (QED) is 0.678.